The number of nitrogens with zero attached hydrogens (tertiary/aromatic N) is 1. The molecule has 0 aromatic carbocycles. The lowest BCUT2D eigenvalue weighted by atomic mass is 10.00. The van der Waals surface area contributed by atoms with Crippen LogP contribution in [0.25, 0.3) is 0 Å². The lowest BCUT2D eigenvalue weighted by Gasteiger charge is -2.29. The first kappa shape index (κ1) is 13.8. The molecular formula is C12H23ClN2O. The highest BCUT2D eigenvalue weighted by Gasteiger charge is 2.35. The van der Waals surface area contributed by atoms with Crippen LogP contribution < -0.4 is 5.32 Å². The van der Waals surface area contributed by atoms with Crippen molar-refractivity contribution in [1.29, 1.82) is 0 Å². The highest BCUT2D eigenvalue weighted by atomic mass is 35.5. The molecule has 2 rings (SSSR count). The maximum absolute atomic E-state index is 12.2. The summed E-state index contributed by atoms with van der Waals surface area (Å²) in [6.45, 7) is 7.33. The highest BCUT2D eigenvalue weighted by molar-refractivity contribution is 5.85. The van der Waals surface area contributed by atoms with Gasteiger partial charge in [0.25, 0.3) is 0 Å². The summed E-state index contributed by atoms with van der Waals surface area (Å²) in [6.07, 6.45) is 3.42. The summed E-state index contributed by atoms with van der Waals surface area (Å²) < 4.78 is 0. The number of hydrogen-bond acceptors (Lipinski definition) is 2. The molecule has 2 heterocycles. The van der Waals surface area contributed by atoms with E-state index in [0.29, 0.717) is 17.9 Å². The van der Waals surface area contributed by atoms with Gasteiger partial charge in [0.15, 0.2) is 0 Å². The second kappa shape index (κ2) is 5.87. The van der Waals surface area contributed by atoms with Crippen LogP contribution in [0.2, 0.25) is 0 Å². The Hall–Kier alpha value is -0.280. The Morgan fingerprint density at radius 3 is 2.69 bits per heavy atom. The first-order valence-electron chi connectivity index (χ1n) is 6.21. The molecule has 3 nitrogen and oxygen atoms in total. The van der Waals surface area contributed by atoms with Gasteiger partial charge >= 0.3 is 0 Å². The van der Waals surface area contributed by atoms with E-state index in [4.69, 9.17) is 0 Å². The monoisotopic (exact) mass is 246 g/mol. The number of rotatable bonds is 2. The molecule has 1 amide bonds. The SMILES string of the molecule is CC(C)C1CCCN1C(=O)[C@H]1CCNC1.Cl. The van der Waals surface area contributed by atoms with Crippen molar-refractivity contribution in [2.45, 2.75) is 39.2 Å². The summed E-state index contributed by atoms with van der Waals surface area (Å²) in [5, 5.41) is 3.27. The molecule has 0 spiro atoms. The van der Waals surface area contributed by atoms with E-state index >= 15 is 0 Å². The van der Waals surface area contributed by atoms with Crippen LogP contribution in [0.1, 0.15) is 33.1 Å². The maximum atomic E-state index is 12.2. The van der Waals surface area contributed by atoms with Gasteiger partial charge in [-0.3, -0.25) is 4.79 Å². The number of likely N-dealkylation sites (tertiary alicyclic amines) is 1. The second-order valence-electron chi connectivity index (χ2n) is 5.17. The molecule has 2 aliphatic heterocycles. The molecule has 94 valence electrons. The topological polar surface area (TPSA) is 32.3 Å². The summed E-state index contributed by atoms with van der Waals surface area (Å²) in [6, 6.07) is 0.498. The molecule has 1 unspecified atom stereocenters. The standard InChI is InChI=1S/C12H22N2O.ClH/c1-9(2)11-4-3-7-14(11)12(15)10-5-6-13-8-10;/h9-11,13H,3-8H2,1-2H3;1H/t10-,11?;/m0./s1. The van der Waals surface area contributed by atoms with E-state index in [-0.39, 0.29) is 18.3 Å². The third-order valence-corrected chi connectivity index (χ3v) is 3.76. The Labute approximate surface area is 104 Å². The Balaban J connectivity index is 0.00000128. The molecule has 0 bridgehead atoms. The van der Waals surface area contributed by atoms with Gasteiger partial charge in [-0.05, 0) is 31.7 Å². The number of nitrogens with one attached hydrogen (secondary N) is 1. The normalized spacial score (nSPS) is 29.6. The first-order chi connectivity index (χ1) is 7.20. The van der Waals surface area contributed by atoms with Gasteiger partial charge in [0.05, 0.1) is 5.92 Å². The van der Waals surface area contributed by atoms with E-state index in [1.165, 1.54) is 12.8 Å². The fourth-order valence-electron chi connectivity index (χ4n) is 2.86. The molecule has 2 aliphatic rings. The number of halogens is 1. The number of carbonyl (C=O) groups excluding carboxylic acids is 1. The zero-order chi connectivity index (χ0) is 10.8. The van der Waals surface area contributed by atoms with Crippen molar-refractivity contribution < 1.29 is 4.79 Å². The fourth-order valence-corrected chi connectivity index (χ4v) is 2.86. The number of amides is 1. The van der Waals surface area contributed by atoms with Gasteiger partial charge in [-0.25, -0.2) is 0 Å². The number of carbonyl (C=O) groups is 1. The van der Waals surface area contributed by atoms with Gasteiger partial charge in [-0.1, -0.05) is 13.8 Å². The third kappa shape index (κ3) is 2.69. The van der Waals surface area contributed by atoms with Crippen LogP contribution in [0.5, 0.6) is 0 Å². The summed E-state index contributed by atoms with van der Waals surface area (Å²) in [7, 11) is 0. The molecule has 2 saturated heterocycles. The second-order valence-corrected chi connectivity index (χ2v) is 5.17. The average Bonchev–Trinajstić information content (AvgIpc) is 2.88. The van der Waals surface area contributed by atoms with Crippen LogP contribution in [-0.4, -0.2) is 36.5 Å². The predicted molar refractivity (Wildman–Crippen MR) is 67.8 cm³/mol. The van der Waals surface area contributed by atoms with Crippen LogP contribution in [0.3, 0.4) is 0 Å². The van der Waals surface area contributed by atoms with Gasteiger partial charge < -0.3 is 10.2 Å². The van der Waals surface area contributed by atoms with Gasteiger partial charge in [0, 0.05) is 19.1 Å². The van der Waals surface area contributed by atoms with Crippen molar-refractivity contribution in [2.24, 2.45) is 11.8 Å². The zero-order valence-electron chi connectivity index (χ0n) is 10.2. The largest absolute Gasteiger partial charge is 0.339 e. The molecule has 1 N–H and O–H groups in total. The van der Waals surface area contributed by atoms with Crippen molar-refractivity contribution in [1.82, 2.24) is 10.2 Å². The Kier molecular flexibility index (Phi) is 5.06. The van der Waals surface area contributed by atoms with Gasteiger partial charge in [-0.15, -0.1) is 12.4 Å². The lowest BCUT2D eigenvalue weighted by molar-refractivity contribution is -0.136. The Morgan fingerprint density at radius 2 is 2.12 bits per heavy atom. The molecule has 16 heavy (non-hydrogen) atoms. The van der Waals surface area contributed by atoms with Crippen LogP contribution in [0.15, 0.2) is 0 Å². The summed E-state index contributed by atoms with van der Waals surface area (Å²) in [4.78, 5) is 14.4. The molecular weight excluding hydrogens is 224 g/mol. The predicted octanol–water partition coefficient (Wildman–Crippen LogP) is 1.66. The smallest absolute Gasteiger partial charge is 0.227 e. The van der Waals surface area contributed by atoms with Crippen molar-refractivity contribution in [3.8, 4) is 0 Å². The summed E-state index contributed by atoms with van der Waals surface area (Å²) in [5.74, 6) is 1.26. The molecule has 0 saturated carbocycles. The molecule has 0 aliphatic carbocycles. The molecule has 2 atom stereocenters. The minimum Gasteiger partial charge on any atom is -0.339 e. The van der Waals surface area contributed by atoms with E-state index in [1.54, 1.807) is 0 Å². The van der Waals surface area contributed by atoms with Gasteiger partial charge in [0.2, 0.25) is 5.91 Å². The van der Waals surface area contributed by atoms with Crippen LogP contribution in [0.4, 0.5) is 0 Å². The summed E-state index contributed by atoms with van der Waals surface area (Å²) in [5.41, 5.74) is 0. The Morgan fingerprint density at radius 1 is 1.38 bits per heavy atom. The van der Waals surface area contributed by atoms with Crippen LogP contribution in [0, 0.1) is 11.8 Å². The quantitative estimate of drug-likeness (QED) is 0.804. The van der Waals surface area contributed by atoms with E-state index in [1.807, 2.05) is 0 Å². The van der Waals surface area contributed by atoms with Gasteiger partial charge in [0.1, 0.15) is 0 Å². The fraction of sp³-hybridized carbons (Fsp3) is 0.917. The van der Waals surface area contributed by atoms with Crippen LogP contribution in [-0.2, 0) is 4.79 Å². The van der Waals surface area contributed by atoms with E-state index in [0.717, 1.165) is 26.1 Å². The van der Waals surface area contributed by atoms with Crippen molar-refractivity contribution in [2.75, 3.05) is 19.6 Å². The molecule has 0 aromatic heterocycles. The van der Waals surface area contributed by atoms with E-state index < -0.39 is 0 Å². The minimum atomic E-state index is 0. The average molecular weight is 247 g/mol. The Bertz CT molecular complexity index is 239. The highest BCUT2D eigenvalue weighted by Crippen LogP contribution is 2.26. The van der Waals surface area contributed by atoms with E-state index in [9.17, 15) is 4.79 Å². The zero-order valence-corrected chi connectivity index (χ0v) is 11.1. The van der Waals surface area contributed by atoms with Gasteiger partial charge in [-0.2, -0.15) is 0 Å². The molecule has 0 aromatic rings. The van der Waals surface area contributed by atoms with Crippen molar-refractivity contribution >= 4 is 18.3 Å². The molecule has 4 heteroatoms. The molecule has 0 radical (unpaired) electrons. The minimum absolute atomic E-state index is 0. The van der Waals surface area contributed by atoms with Crippen molar-refractivity contribution in [3.63, 3.8) is 0 Å². The maximum Gasteiger partial charge on any atom is 0.227 e. The third-order valence-electron chi connectivity index (χ3n) is 3.76. The first-order valence-corrected chi connectivity index (χ1v) is 6.21. The van der Waals surface area contributed by atoms with Crippen LogP contribution >= 0.6 is 12.4 Å². The van der Waals surface area contributed by atoms with E-state index in [2.05, 4.69) is 24.1 Å². The number of hydrogen-bond donors (Lipinski definition) is 1. The molecule has 2 fully saturated rings. The van der Waals surface area contributed by atoms with Crippen molar-refractivity contribution in [3.05, 3.63) is 0 Å². The summed E-state index contributed by atoms with van der Waals surface area (Å²) >= 11 is 0. The lowest BCUT2D eigenvalue weighted by Crippen LogP contribution is -2.42.